The monoisotopic (exact) mass is 349 g/mol. The van der Waals surface area contributed by atoms with Crippen molar-refractivity contribution in [2.45, 2.75) is 25.6 Å². The lowest BCUT2D eigenvalue weighted by Gasteiger charge is -2.27. The van der Waals surface area contributed by atoms with Crippen LogP contribution in [0.25, 0.3) is 0 Å². The number of aryl methyl sites for hydroxylation is 1. The number of aromatic amines is 1. The molecule has 3 aromatic heterocycles. The largest absolute Gasteiger partial charge is 0.361 e. The molecule has 25 heavy (non-hydrogen) atoms. The fourth-order valence-electron chi connectivity index (χ4n) is 3.30. The Morgan fingerprint density at radius 2 is 2.04 bits per heavy atom. The Morgan fingerprint density at radius 3 is 2.72 bits per heavy atom. The van der Waals surface area contributed by atoms with E-state index in [1.165, 1.54) is 0 Å². The maximum atomic E-state index is 5.65. The van der Waals surface area contributed by atoms with Gasteiger partial charge < -0.3 is 15.2 Å². The van der Waals surface area contributed by atoms with Gasteiger partial charge in [-0.1, -0.05) is 12.1 Å². The highest BCUT2D eigenvalue weighted by atomic mass is 32.1. The highest BCUT2D eigenvalue weighted by molar-refractivity contribution is 7.80. The summed E-state index contributed by atoms with van der Waals surface area (Å²) in [5.74, 6) is 0. The summed E-state index contributed by atoms with van der Waals surface area (Å²) in [7, 11) is 0. The molecule has 4 heterocycles. The number of H-pyrrole nitrogens is 1. The van der Waals surface area contributed by atoms with Gasteiger partial charge in [0.15, 0.2) is 5.11 Å². The lowest BCUT2D eigenvalue weighted by atomic mass is 10.0. The molecular formula is C19H19N5S. The van der Waals surface area contributed by atoms with E-state index in [1.807, 2.05) is 36.7 Å². The number of rotatable bonds is 4. The quantitative estimate of drug-likeness (QED) is 0.708. The predicted octanol–water partition coefficient (Wildman–Crippen LogP) is 3.29. The fourth-order valence-corrected chi connectivity index (χ4v) is 3.61. The molecule has 0 bridgehead atoms. The van der Waals surface area contributed by atoms with Crippen LogP contribution in [-0.2, 0) is 6.54 Å². The van der Waals surface area contributed by atoms with E-state index in [9.17, 15) is 0 Å². The lowest BCUT2D eigenvalue weighted by molar-refractivity contribution is 0.305. The highest BCUT2D eigenvalue weighted by Gasteiger charge is 2.40. The first-order valence-electron chi connectivity index (χ1n) is 8.25. The van der Waals surface area contributed by atoms with Crippen LogP contribution < -0.4 is 5.32 Å². The molecule has 4 rings (SSSR count). The summed E-state index contributed by atoms with van der Waals surface area (Å²) in [4.78, 5) is 14.4. The van der Waals surface area contributed by atoms with Crippen molar-refractivity contribution in [3.8, 4) is 0 Å². The van der Waals surface area contributed by atoms with Crippen LogP contribution in [0.2, 0.25) is 0 Å². The molecule has 2 N–H and O–H groups in total. The van der Waals surface area contributed by atoms with Gasteiger partial charge in [0.05, 0.1) is 17.8 Å². The lowest BCUT2D eigenvalue weighted by Crippen LogP contribution is -2.29. The minimum absolute atomic E-state index is 0.00317. The number of aromatic nitrogens is 3. The van der Waals surface area contributed by atoms with E-state index in [0.29, 0.717) is 6.54 Å². The van der Waals surface area contributed by atoms with E-state index in [2.05, 4.69) is 50.3 Å². The van der Waals surface area contributed by atoms with Gasteiger partial charge in [-0.05, 0) is 55.0 Å². The molecule has 5 nitrogen and oxygen atoms in total. The van der Waals surface area contributed by atoms with E-state index in [4.69, 9.17) is 12.2 Å². The van der Waals surface area contributed by atoms with Gasteiger partial charge in [0.1, 0.15) is 0 Å². The zero-order valence-corrected chi connectivity index (χ0v) is 14.7. The molecule has 0 unspecified atom stereocenters. The Balaban J connectivity index is 1.72. The molecule has 1 fully saturated rings. The number of hydrogen-bond donors (Lipinski definition) is 2. The minimum Gasteiger partial charge on any atom is -0.361 e. The number of pyridine rings is 2. The molecule has 1 saturated heterocycles. The maximum absolute atomic E-state index is 5.65. The highest BCUT2D eigenvalue weighted by Crippen LogP contribution is 2.38. The summed E-state index contributed by atoms with van der Waals surface area (Å²) < 4.78 is 0. The number of nitrogens with one attached hydrogen (secondary N) is 2. The Morgan fingerprint density at radius 1 is 1.12 bits per heavy atom. The van der Waals surface area contributed by atoms with E-state index in [1.54, 1.807) is 6.20 Å². The van der Waals surface area contributed by atoms with Gasteiger partial charge in [-0.2, -0.15) is 0 Å². The summed E-state index contributed by atoms with van der Waals surface area (Å²) in [5.41, 5.74) is 4.37. The smallest absolute Gasteiger partial charge is 0.170 e. The van der Waals surface area contributed by atoms with Crippen LogP contribution in [0.1, 0.15) is 34.7 Å². The van der Waals surface area contributed by atoms with E-state index < -0.39 is 0 Å². The number of thiocarbonyl (C=S) groups is 1. The van der Waals surface area contributed by atoms with Gasteiger partial charge in [-0.3, -0.25) is 9.97 Å². The molecular weight excluding hydrogens is 330 g/mol. The molecule has 0 radical (unpaired) electrons. The van der Waals surface area contributed by atoms with Crippen LogP contribution in [0.5, 0.6) is 0 Å². The third-order valence-electron chi connectivity index (χ3n) is 4.45. The summed E-state index contributed by atoms with van der Waals surface area (Å²) in [6.45, 7) is 2.76. The van der Waals surface area contributed by atoms with Crippen LogP contribution in [-0.4, -0.2) is 25.0 Å². The molecule has 1 aliphatic rings. The van der Waals surface area contributed by atoms with Crippen molar-refractivity contribution in [3.63, 3.8) is 0 Å². The van der Waals surface area contributed by atoms with Crippen LogP contribution in [0.4, 0.5) is 0 Å². The zero-order valence-electron chi connectivity index (χ0n) is 13.9. The molecule has 0 aliphatic carbocycles. The van der Waals surface area contributed by atoms with Crippen LogP contribution in [0, 0.1) is 6.92 Å². The van der Waals surface area contributed by atoms with Gasteiger partial charge in [0.2, 0.25) is 0 Å². The van der Waals surface area contributed by atoms with Crippen LogP contribution in [0.15, 0.2) is 61.1 Å². The number of hydrogen-bond acceptors (Lipinski definition) is 3. The summed E-state index contributed by atoms with van der Waals surface area (Å²) in [6, 6.07) is 14.3. The molecule has 2 atom stereocenters. The summed E-state index contributed by atoms with van der Waals surface area (Å²) >= 11 is 5.65. The van der Waals surface area contributed by atoms with Crippen LogP contribution in [0.3, 0.4) is 0 Å². The topological polar surface area (TPSA) is 56.8 Å². The van der Waals surface area contributed by atoms with Crippen molar-refractivity contribution >= 4 is 17.3 Å². The Bertz CT molecular complexity index is 862. The van der Waals surface area contributed by atoms with Crippen LogP contribution >= 0.6 is 12.2 Å². The standard InChI is InChI=1S/C19H19N5S/c1-13-7-8-16(22-13)18-17(15-6-2-3-10-21-15)23-19(25)24(18)12-14-5-4-9-20-11-14/h2-11,17-18,22H,12H2,1H3,(H,23,25)/t17-,18+/m1/s1. The third-order valence-corrected chi connectivity index (χ3v) is 4.80. The van der Waals surface area contributed by atoms with Crippen molar-refractivity contribution in [3.05, 3.63) is 83.7 Å². The SMILES string of the molecule is Cc1ccc([C@H]2[C@@H](c3ccccn3)NC(=S)N2Cc2cccnc2)[nH]1. The van der Waals surface area contributed by atoms with Gasteiger partial charge in [0, 0.05) is 36.5 Å². The van der Waals surface area contributed by atoms with Crippen molar-refractivity contribution in [1.82, 2.24) is 25.2 Å². The second-order valence-corrected chi connectivity index (χ2v) is 6.60. The average molecular weight is 349 g/mol. The Labute approximate surface area is 152 Å². The molecule has 0 amide bonds. The van der Waals surface area contributed by atoms with E-state index in [-0.39, 0.29) is 12.1 Å². The van der Waals surface area contributed by atoms with Gasteiger partial charge in [0.25, 0.3) is 0 Å². The second-order valence-electron chi connectivity index (χ2n) is 6.21. The molecule has 1 aliphatic heterocycles. The Kier molecular flexibility index (Phi) is 4.19. The Hall–Kier alpha value is -2.73. The molecule has 0 aromatic carbocycles. The van der Waals surface area contributed by atoms with Crippen molar-refractivity contribution in [1.29, 1.82) is 0 Å². The van der Waals surface area contributed by atoms with E-state index in [0.717, 1.165) is 27.8 Å². The summed E-state index contributed by atoms with van der Waals surface area (Å²) in [6.07, 6.45) is 5.49. The average Bonchev–Trinajstić information content (AvgIpc) is 3.20. The third kappa shape index (κ3) is 3.13. The molecule has 6 heteroatoms. The van der Waals surface area contributed by atoms with Gasteiger partial charge >= 0.3 is 0 Å². The first-order valence-corrected chi connectivity index (χ1v) is 8.65. The zero-order chi connectivity index (χ0) is 17.2. The fraction of sp³-hybridized carbons (Fsp3) is 0.211. The molecule has 0 spiro atoms. The molecule has 126 valence electrons. The molecule has 3 aromatic rings. The van der Waals surface area contributed by atoms with Crippen molar-refractivity contribution in [2.24, 2.45) is 0 Å². The maximum Gasteiger partial charge on any atom is 0.170 e. The van der Waals surface area contributed by atoms with Gasteiger partial charge in [-0.15, -0.1) is 0 Å². The normalized spacial score (nSPS) is 19.9. The second kappa shape index (κ2) is 6.64. The predicted molar refractivity (Wildman–Crippen MR) is 101 cm³/mol. The van der Waals surface area contributed by atoms with Gasteiger partial charge in [-0.25, -0.2) is 0 Å². The number of nitrogens with zero attached hydrogens (tertiary/aromatic N) is 3. The molecule has 0 saturated carbocycles. The van der Waals surface area contributed by atoms with E-state index >= 15 is 0 Å². The first kappa shape index (κ1) is 15.8. The summed E-state index contributed by atoms with van der Waals surface area (Å²) in [5, 5.41) is 4.19. The first-order chi connectivity index (χ1) is 12.2. The van der Waals surface area contributed by atoms with Crippen molar-refractivity contribution in [2.75, 3.05) is 0 Å². The van der Waals surface area contributed by atoms with Crippen molar-refractivity contribution < 1.29 is 0 Å². The minimum atomic E-state index is 0.00317.